The third kappa shape index (κ3) is 11.8. The zero-order valence-electron chi connectivity index (χ0n) is 5.50. The summed E-state index contributed by atoms with van der Waals surface area (Å²) in [6.07, 6.45) is 1.33. The molecule has 0 aliphatic carbocycles. The second kappa shape index (κ2) is 5.15. The monoisotopic (exact) mass is 172 g/mol. The van der Waals surface area contributed by atoms with Gasteiger partial charge in [0.15, 0.2) is 0 Å². The molecular formula is C4H13O3PS. The SMILES string of the molecule is CCCCS(=O)(=O)O.P. The van der Waals surface area contributed by atoms with Crippen LogP contribution in [0.5, 0.6) is 0 Å². The van der Waals surface area contributed by atoms with Crippen LogP contribution >= 0.6 is 9.90 Å². The van der Waals surface area contributed by atoms with Crippen LogP contribution in [0.3, 0.4) is 0 Å². The Kier molecular flexibility index (Phi) is 6.90. The Balaban J connectivity index is 0. The van der Waals surface area contributed by atoms with Crippen LogP contribution in [0.1, 0.15) is 19.8 Å². The van der Waals surface area contributed by atoms with E-state index in [1.165, 1.54) is 0 Å². The first-order valence-electron chi connectivity index (χ1n) is 2.51. The standard InChI is InChI=1S/C4H10O3S.H3P/c1-2-3-4-8(5,6)7;/h2-4H2,1H3,(H,5,6,7);1H3. The normalized spacial score (nSPS) is 10.4. The minimum Gasteiger partial charge on any atom is -0.286 e. The van der Waals surface area contributed by atoms with Gasteiger partial charge in [0.05, 0.1) is 5.75 Å². The molecule has 0 fully saturated rings. The molecule has 3 nitrogen and oxygen atoms in total. The Morgan fingerprint density at radius 1 is 1.44 bits per heavy atom. The summed E-state index contributed by atoms with van der Waals surface area (Å²) in [5.74, 6) is -0.108. The highest BCUT2D eigenvalue weighted by atomic mass is 32.2. The van der Waals surface area contributed by atoms with Crippen LogP contribution in [0, 0.1) is 0 Å². The molecule has 0 rings (SSSR count). The Morgan fingerprint density at radius 2 is 1.89 bits per heavy atom. The topological polar surface area (TPSA) is 54.4 Å². The molecule has 1 atom stereocenters. The Labute approximate surface area is 59.2 Å². The number of rotatable bonds is 3. The minimum atomic E-state index is -3.69. The molecule has 0 radical (unpaired) electrons. The van der Waals surface area contributed by atoms with Crippen molar-refractivity contribution in [2.24, 2.45) is 0 Å². The number of unbranched alkanes of at least 4 members (excludes halogenated alkanes) is 1. The van der Waals surface area contributed by atoms with E-state index >= 15 is 0 Å². The van der Waals surface area contributed by atoms with Gasteiger partial charge in [-0.05, 0) is 6.42 Å². The zero-order chi connectivity index (χ0) is 6.62. The maximum atomic E-state index is 9.95. The van der Waals surface area contributed by atoms with Crippen molar-refractivity contribution < 1.29 is 13.0 Å². The highest BCUT2D eigenvalue weighted by Gasteiger charge is 2.00. The molecule has 1 unspecified atom stereocenters. The first-order chi connectivity index (χ1) is 3.56. The molecule has 0 aliphatic heterocycles. The Hall–Kier alpha value is 0.340. The van der Waals surface area contributed by atoms with E-state index in [0.29, 0.717) is 6.42 Å². The predicted octanol–water partition coefficient (Wildman–Crippen LogP) is 0.732. The first kappa shape index (κ1) is 12.1. The van der Waals surface area contributed by atoms with E-state index in [9.17, 15) is 8.42 Å². The maximum Gasteiger partial charge on any atom is 0.264 e. The van der Waals surface area contributed by atoms with Crippen molar-refractivity contribution in [2.45, 2.75) is 19.8 Å². The molecule has 5 heteroatoms. The largest absolute Gasteiger partial charge is 0.286 e. The van der Waals surface area contributed by atoms with Gasteiger partial charge in [-0.1, -0.05) is 13.3 Å². The summed E-state index contributed by atoms with van der Waals surface area (Å²) in [4.78, 5) is 0. The second-order valence-electron chi connectivity index (χ2n) is 1.64. The van der Waals surface area contributed by atoms with Gasteiger partial charge in [0.25, 0.3) is 10.1 Å². The van der Waals surface area contributed by atoms with E-state index in [1.807, 2.05) is 6.92 Å². The fraction of sp³-hybridized carbons (Fsp3) is 1.00. The highest BCUT2D eigenvalue weighted by molar-refractivity contribution is 7.85. The average molecular weight is 172 g/mol. The van der Waals surface area contributed by atoms with E-state index in [-0.39, 0.29) is 15.7 Å². The van der Waals surface area contributed by atoms with Crippen molar-refractivity contribution >= 4 is 20.0 Å². The van der Waals surface area contributed by atoms with Crippen LogP contribution in [0.2, 0.25) is 0 Å². The quantitative estimate of drug-likeness (QED) is 0.504. The lowest BCUT2D eigenvalue weighted by molar-refractivity contribution is 0.480. The van der Waals surface area contributed by atoms with E-state index in [2.05, 4.69) is 0 Å². The van der Waals surface area contributed by atoms with Gasteiger partial charge < -0.3 is 0 Å². The average Bonchev–Trinajstić information content (AvgIpc) is 1.59. The zero-order valence-corrected chi connectivity index (χ0v) is 7.73. The fourth-order valence-electron chi connectivity index (χ4n) is 0.327. The lowest BCUT2D eigenvalue weighted by atomic mass is 10.4. The van der Waals surface area contributed by atoms with Crippen LogP contribution < -0.4 is 0 Å². The van der Waals surface area contributed by atoms with Crippen LogP contribution in [0.4, 0.5) is 0 Å². The molecule has 0 saturated carbocycles. The molecule has 9 heavy (non-hydrogen) atoms. The van der Waals surface area contributed by atoms with Crippen molar-refractivity contribution in [1.29, 1.82) is 0 Å². The molecule has 0 bridgehead atoms. The molecule has 0 aromatic rings. The van der Waals surface area contributed by atoms with Crippen LogP contribution in [0.15, 0.2) is 0 Å². The van der Waals surface area contributed by atoms with Gasteiger partial charge in [-0.2, -0.15) is 18.3 Å². The van der Waals surface area contributed by atoms with Crippen LogP contribution in [0.25, 0.3) is 0 Å². The number of hydrogen-bond donors (Lipinski definition) is 1. The van der Waals surface area contributed by atoms with Gasteiger partial charge in [-0.25, -0.2) is 0 Å². The summed E-state index contributed by atoms with van der Waals surface area (Å²) >= 11 is 0. The van der Waals surface area contributed by atoms with E-state index in [1.54, 1.807) is 0 Å². The summed E-state index contributed by atoms with van der Waals surface area (Å²) in [7, 11) is -3.69. The smallest absolute Gasteiger partial charge is 0.264 e. The Bertz CT molecular complexity index is 140. The Morgan fingerprint density at radius 3 is 2.00 bits per heavy atom. The molecule has 0 spiro atoms. The first-order valence-corrected chi connectivity index (χ1v) is 4.12. The fourth-order valence-corrected chi connectivity index (χ4v) is 0.980. The maximum absolute atomic E-state index is 9.95. The van der Waals surface area contributed by atoms with Crippen molar-refractivity contribution in [3.05, 3.63) is 0 Å². The van der Waals surface area contributed by atoms with Gasteiger partial charge in [0.2, 0.25) is 0 Å². The summed E-state index contributed by atoms with van der Waals surface area (Å²) in [5, 5.41) is 0. The van der Waals surface area contributed by atoms with E-state index in [0.717, 1.165) is 6.42 Å². The lowest BCUT2D eigenvalue weighted by Crippen LogP contribution is -2.02. The molecule has 0 aromatic heterocycles. The molecule has 0 saturated heterocycles. The molecule has 0 aliphatic rings. The molecular weight excluding hydrogens is 159 g/mol. The molecule has 1 N–H and O–H groups in total. The third-order valence-electron chi connectivity index (χ3n) is 0.756. The van der Waals surface area contributed by atoms with Crippen molar-refractivity contribution in [2.75, 3.05) is 5.75 Å². The molecule has 0 heterocycles. The highest BCUT2D eigenvalue weighted by Crippen LogP contribution is 1.90. The van der Waals surface area contributed by atoms with Gasteiger partial charge >= 0.3 is 0 Å². The van der Waals surface area contributed by atoms with Crippen molar-refractivity contribution in [3.8, 4) is 0 Å². The summed E-state index contributed by atoms with van der Waals surface area (Å²) < 4.78 is 28.0. The molecule has 0 amide bonds. The van der Waals surface area contributed by atoms with Gasteiger partial charge in [0, 0.05) is 0 Å². The molecule has 58 valence electrons. The predicted molar refractivity (Wildman–Crippen MR) is 42.4 cm³/mol. The molecule has 0 aromatic carbocycles. The van der Waals surface area contributed by atoms with Gasteiger partial charge in [-0.3, -0.25) is 4.55 Å². The summed E-state index contributed by atoms with van der Waals surface area (Å²) in [6, 6.07) is 0. The van der Waals surface area contributed by atoms with Crippen LogP contribution in [-0.2, 0) is 10.1 Å². The van der Waals surface area contributed by atoms with E-state index < -0.39 is 10.1 Å². The van der Waals surface area contributed by atoms with Crippen LogP contribution in [-0.4, -0.2) is 18.7 Å². The number of hydrogen-bond acceptors (Lipinski definition) is 2. The second-order valence-corrected chi connectivity index (χ2v) is 3.21. The van der Waals surface area contributed by atoms with Crippen molar-refractivity contribution in [3.63, 3.8) is 0 Å². The lowest BCUT2D eigenvalue weighted by Gasteiger charge is -1.90. The third-order valence-corrected chi connectivity index (χ3v) is 1.56. The minimum absolute atomic E-state index is 0. The van der Waals surface area contributed by atoms with E-state index in [4.69, 9.17) is 4.55 Å². The summed E-state index contributed by atoms with van der Waals surface area (Å²) in [5.41, 5.74) is 0. The van der Waals surface area contributed by atoms with Gasteiger partial charge in [0.1, 0.15) is 0 Å². The van der Waals surface area contributed by atoms with Gasteiger partial charge in [-0.15, -0.1) is 0 Å². The van der Waals surface area contributed by atoms with Crippen molar-refractivity contribution in [1.82, 2.24) is 0 Å². The summed E-state index contributed by atoms with van der Waals surface area (Å²) in [6.45, 7) is 1.87.